The first-order chi connectivity index (χ1) is 6.20. The maximum atomic E-state index is 12.2. The van der Waals surface area contributed by atoms with E-state index < -0.39 is 19.9 Å². The van der Waals surface area contributed by atoms with Gasteiger partial charge in [-0.1, -0.05) is 11.6 Å². The van der Waals surface area contributed by atoms with E-state index in [2.05, 4.69) is 21.4 Å². The van der Waals surface area contributed by atoms with Gasteiger partial charge in [0.05, 0.1) is 5.02 Å². The first-order valence-electron chi connectivity index (χ1n) is 2.95. The fourth-order valence-electron chi connectivity index (χ4n) is 0.470. The first kappa shape index (κ1) is 13.9. The fraction of sp³-hybridized carbons (Fsp3) is 0. The zero-order valence-electron chi connectivity index (χ0n) is 6.35. The first-order valence-corrected chi connectivity index (χ1v) is 6.46. The predicted octanol–water partition coefficient (Wildman–Crippen LogP) is 3.33. The maximum absolute atomic E-state index is 12.2. The van der Waals surface area contributed by atoms with E-state index in [1.54, 1.807) is 0 Å². The Morgan fingerprint density at radius 2 is 1.57 bits per heavy atom. The summed E-state index contributed by atoms with van der Waals surface area (Å²) >= 11 is 5.24. The van der Waals surface area contributed by atoms with Gasteiger partial charge in [-0.2, -0.15) is 8.42 Å². The second-order valence-electron chi connectivity index (χ2n) is 1.94. The molecule has 0 N–H and O–H groups in total. The molecule has 0 saturated heterocycles. The Kier molecular flexibility index (Phi) is 5.66. The monoisotopic (exact) mass is 282 g/mol. The van der Waals surface area contributed by atoms with E-state index in [-0.39, 0.29) is 5.02 Å². The van der Waals surface area contributed by atoms with Gasteiger partial charge in [-0.05, 0) is 12.1 Å². The van der Waals surface area contributed by atoms with Crippen LogP contribution in [0.4, 0.5) is 8.78 Å². The van der Waals surface area contributed by atoms with Crippen LogP contribution >= 0.6 is 33.0 Å². The van der Waals surface area contributed by atoms with Crippen LogP contribution in [-0.4, -0.2) is 8.42 Å². The van der Waals surface area contributed by atoms with Crippen molar-refractivity contribution < 1.29 is 17.2 Å². The maximum Gasteiger partial charge on any atom is 0.317 e. The quantitative estimate of drug-likeness (QED) is 0.540. The van der Waals surface area contributed by atoms with Crippen molar-refractivity contribution in [3.63, 3.8) is 0 Å². The van der Waals surface area contributed by atoms with Crippen molar-refractivity contribution in [3.8, 4) is 0 Å². The molecule has 0 atom stereocenters. The summed E-state index contributed by atoms with van der Waals surface area (Å²) in [6.07, 6.45) is 0. The van der Waals surface area contributed by atoms with Gasteiger partial charge in [-0.3, -0.25) is 0 Å². The molecule has 1 aromatic carbocycles. The van der Waals surface area contributed by atoms with Crippen molar-refractivity contribution in [1.82, 2.24) is 0 Å². The van der Waals surface area contributed by atoms with Crippen LogP contribution in [0.5, 0.6) is 0 Å². The van der Waals surface area contributed by atoms with Crippen LogP contribution in [0.2, 0.25) is 5.02 Å². The molecule has 2 nitrogen and oxygen atoms in total. The molecule has 0 aliphatic carbocycles. The van der Waals surface area contributed by atoms with E-state index in [1.807, 2.05) is 0 Å². The Bertz CT molecular complexity index is 400. The number of hydrogen-bond donors (Lipinski definition) is 0. The molecule has 0 amide bonds. The number of hydrogen-bond acceptors (Lipinski definition) is 2. The molecule has 0 aliphatic rings. The smallest absolute Gasteiger partial charge is 0.207 e. The molecule has 0 heterocycles. The van der Waals surface area contributed by atoms with Gasteiger partial charge >= 0.3 is 8.26 Å². The topological polar surface area (TPSA) is 34.1 Å². The minimum atomic E-state index is -3.72. The van der Waals surface area contributed by atoms with Crippen molar-refractivity contribution >= 4 is 41.2 Å². The average Bonchev–Trinajstić information content (AvgIpc) is 1.94. The molecule has 0 aromatic heterocycles. The third-order valence-electron chi connectivity index (χ3n) is 0.882. The van der Waals surface area contributed by atoms with Crippen molar-refractivity contribution in [3.05, 3.63) is 34.9 Å². The molecular weight excluding hydrogens is 280 g/mol. The summed E-state index contributed by atoms with van der Waals surface area (Å²) in [5.41, 5.74) is 0. The minimum Gasteiger partial charge on any atom is -0.207 e. The van der Waals surface area contributed by atoms with Gasteiger partial charge in [0.1, 0.15) is 11.6 Å². The van der Waals surface area contributed by atoms with Crippen LogP contribution in [0.25, 0.3) is 0 Å². The van der Waals surface area contributed by atoms with E-state index >= 15 is 0 Å². The lowest BCUT2D eigenvalue weighted by Gasteiger charge is -1.90. The van der Waals surface area contributed by atoms with Crippen LogP contribution in [0.1, 0.15) is 0 Å². The second kappa shape index (κ2) is 5.70. The standard InChI is InChI=1S/C6H3ClF2.Cl2O2S/c7-5-2-1-4(8)3-6(5)9;1-5(2,3)4/h1-3H;. The van der Waals surface area contributed by atoms with Gasteiger partial charge in [0.15, 0.2) is 0 Å². The Morgan fingerprint density at radius 3 is 1.86 bits per heavy atom. The Balaban J connectivity index is 0.000000292. The van der Waals surface area contributed by atoms with Gasteiger partial charge < -0.3 is 0 Å². The highest BCUT2D eigenvalue weighted by Crippen LogP contribution is 2.13. The Hall–Kier alpha value is -0.100. The summed E-state index contributed by atoms with van der Waals surface area (Å²) in [6.45, 7) is 0. The summed E-state index contributed by atoms with van der Waals surface area (Å²) in [4.78, 5) is 0. The molecule has 0 radical (unpaired) electrons. The third kappa shape index (κ3) is 8.50. The van der Waals surface area contributed by atoms with Crippen molar-refractivity contribution in [2.45, 2.75) is 0 Å². The van der Waals surface area contributed by atoms with Gasteiger partial charge in [0.25, 0.3) is 0 Å². The van der Waals surface area contributed by atoms with Crippen molar-refractivity contribution in [2.75, 3.05) is 0 Å². The van der Waals surface area contributed by atoms with Crippen molar-refractivity contribution in [2.24, 2.45) is 0 Å². The molecule has 0 spiro atoms. The summed E-state index contributed by atoms with van der Waals surface area (Å²) < 4.78 is 42.6. The van der Waals surface area contributed by atoms with Gasteiger partial charge in [0.2, 0.25) is 0 Å². The third-order valence-corrected chi connectivity index (χ3v) is 1.19. The number of halogens is 5. The zero-order chi connectivity index (χ0) is 11.4. The van der Waals surface area contributed by atoms with Gasteiger partial charge in [0, 0.05) is 27.4 Å². The molecule has 0 unspecified atom stereocenters. The van der Waals surface area contributed by atoms with E-state index in [0.717, 1.165) is 12.1 Å². The molecule has 1 aromatic rings. The molecule has 0 saturated carbocycles. The van der Waals surface area contributed by atoms with E-state index in [0.29, 0.717) is 0 Å². The molecule has 0 fully saturated rings. The predicted molar refractivity (Wildman–Crippen MR) is 52.0 cm³/mol. The SMILES string of the molecule is Fc1ccc(Cl)c(F)c1.O=S(=O)(Cl)Cl. The van der Waals surface area contributed by atoms with Crippen LogP contribution in [0, 0.1) is 11.6 Å². The van der Waals surface area contributed by atoms with Crippen LogP contribution in [-0.2, 0) is 8.26 Å². The lowest BCUT2D eigenvalue weighted by molar-refractivity contribution is 0.583. The summed E-state index contributed by atoms with van der Waals surface area (Å²) in [7, 11) is 4.81. The second-order valence-corrected chi connectivity index (χ2v) is 6.01. The lowest BCUT2D eigenvalue weighted by atomic mass is 10.3. The Morgan fingerprint density at radius 1 is 1.14 bits per heavy atom. The van der Waals surface area contributed by atoms with E-state index in [9.17, 15) is 8.78 Å². The van der Waals surface area contributed by atoms with Gasteiger partial charge in [-0.15, -0.1) is 0 Å². The summed E-state index contributed by atoms with van der Waals surface area (Å²) in [6, 6.07) is 3.01. The molecule has 8 heteroatoms. The Labute approximate surface area is 93.3 Å². The molecule has 80 valence electrons. The fourth-order valence-corrected chi connectivity index (χ4v) is 0.588. The van der Waals surface area contributed by atoms with Crippen LogP contribution < -0.4 is 0 Å². The highest BCUT2D eigenvalue weighted by molar-refractivity contribution is 8.31. The van der Waals surface area contributed by atoms with E-state index in [1.165, 1.54) is 6.07 Å². The largest absolute Gasteiger partial charge is 0.317 e. The number of rotatable bonds is 0. The normalized spacial score (nSPS) is 10.4. The zero-order valence-corrected chi connectivity index (χ0v) is 9.43. The molecule has 0 bridgehead atoms. The van der Waals surface area contributed by atoms with Crippen LogP contribution in [0.3, 0.4) is 0 Å². The summed E-state index contributed by atoms with van der Waals surface area (Å²) in [5.74, 6) is -1.34. The highest BCUT2D eigenvalue weighted by Gasteiger charge is 1.97. The summed E-state index contributed by atoms with van der Waals surface area (Å²) in [5, 5.41) is -0.0589. The van der Waals surface area contributed by atoms with Crippen LogP contribution in [0.15, 0.2) is 18.2 Å². The number of benzene rings is 1. The average molecular weight is 284 g/mol. The van der Waals surface area contributed by atoms with Gasteiger partial charge in [-0.25, -0.2) is 8.78 Å². The highest BCUT2D eigenvalue weighted by atomic mass is 36.0. The lowest BCUT2D eigenvalue weighted by Crippen LogP contribution is -1.77. The van der Waals surface area contributed by atoms with E-state index in [4.69, 9.17) is 20.0 Å². The minimum absolute atomic E-state index is 0.0589. The van der Waals surface area contributed by atoms with Crippen molar-refractivity contribution in [1.29, 1.82) is 0 Å². The molecule has 0 aliphatic heterocycles. The molecule has 14 heavy (non-hydrogen) atoms. The molecule has 1 rings (SSSR count). The molecular formula is C6H3Cl3F2O2S.